The SMILES string of the molecule is CCN1CCN(c2ccc(CNC(=O)c3ccn(C)c(=O)c3)cn2)CC1. The van der Waals surface area contributed by atoms with E-state index in [0.29, 0.717) is 12.1 Å². The Labute approximate surface area is 153 Å². The Morgan fingerprint density at radius 1 is 1.19 bits per heavy atom. The summed E-state index contributed by atoms with van der Waals surface area (Å²) in [5.74, 6) is 0.713. The van der Waals surface area contributed by atoms with E-state index in [-0.39, 0.29) is 11.5 Å². The van der Waals surface area contributed by atoms with Gasteiger partial charge in [-0.3, -0.25) is 9.59 Å². The van der Waals surface area contributed by atoms with E-state index < -0.39 is 0 Å². The van der Waals surface area contributed by atoms with Crippen molar-refractivity contribution < 1.29 is 4.79 Å². The minimum absolute atomic E-state index is 0.202. The first kappa shape index (κ1) is 18.1. The van der Waals surface area contributed by atoms with Gasteiger partial charge in [-0.2, -0.15) is 0 Å². The van der Waals surface area contributed by atoms with Crippen molar-refractivity contribution in [2.24, 2.45) is 7.05 Å². The maximum absolute atomic E-state index is 12.2. The third-order valence-corrected chi connectivity index (χ3v) is 4.77. The van der Waals surface area contributed by atoms with Gasteiger partial charge in [0, 0.05) is 63.8 Å². The van der Waals surface area contributed by atoms with Gasteiger partial charge in [0.2, 0.25) is 0 Å². The highest BCUT2D eigenvalue weighted by molar-refractivity contribution is 5.93. The lowest BCUT2D eigenvalue weighted by molar-refractivity contribution is 0.0950. The van der Waals surface area contributed by atoms with Crippen LogP contribution in [0.3, 0.4) is 0 Å². The van der Waals surface area contributed by atoms with Crippen LogP contribution in [0, 0.1) is 0 Å². The molecule has 2 aromatic rings. The third kappa shape index (κ3) is 4.29. The molecule has 2 aromatic heterocycles. The Morgan fingerprint density at radius 2 is 1.96 bits per heavy atom. The molecule has 26 heavy (non-hydrogen) atoms. The quantitative estimate of drug-likeness (QED) is 0.861. The van der Waals surface area contributed by atoms with Crippen LogP contribution in [0.4, 0.5) is 5.82 Å². The molecule has 0 saturated carbocycles. The van der Waals surface area contributed by atoms with Gasteiger partial charge in [-0.1, -0.05) is 13.0 Å². The number of aromatic nitrogens is 2. The number of carbonyl (C=O) groups excluding carboxylic acids is 1. The summed E-state index contributed by atoms with van der Waals surface area (Å²) in [6.45, 7) is 7.75. The number of anilines is 1. The van der Waals surface area contributed by atoms with Crippen LogP contribution in [0.2, 0.25) is 0 Å². The number of pyridine rings is 2. The van der Waals surface area contributed by atoms with Gasteiger partial charge in [-0.05, 0) is 24.2 Å². The molecular formula is C19H25N5O2. The molecule has 1 saturated heterocycles. The molecular weight excluding hydrogens is 330 g/mol. The van der Waals surface area contributed by atoms with Crippen LogP contribution in [0.15, 0.2) is 41.5 Å². The Bertz CT molecular complexity index is 807. The van der Waals surface area contributed by atoms with Crippen LogP contribution in [-0.4, -0.2) is 53.1 Å². The van der Waals surface area contributed by atoms with Crippen molar-refractivity contribution >= 4 is 11.7 Å². The summed E-state index contributed by atoms with van der Waals surface area (Å²) in [6.07, 6.45) is 3.39. The Hall–Kier alpha value is -2.67. The number of carbonyl (C=O) groups is 1. The molecule has 0 aromatic carbocycles. The standard InChI is InChI=1S/C19H25N5O2/c1-3-23-8-10-24(11-9-23)17-5-4-15(13-20-17)14-21-19(26)16-6-7-22(2)18(25)12-16/h4-7,12-13H,3,8-11,14H2,1-2H3,(H,21,26). The molecule has 3 rings (SSSR count). The molecule has 0 unspecified atom stereocenters. The van der Waals surface area contributed by atoms with Gasteiger partial charge >= 0.3 is 0 Å². The number of piperazine rings is 1. The van der Waals surface area contributed by atoms with E-state index in [9.17, 15) is 9.59 Å². The van der Waals surface area contributed by atoms with Crippen molar-refractivity contribution in [1.82, 2.24) is 19.8 Å². The van der Waals surface area contributed by atoms with Gasteiger partial charge in [0.05, 0.1) is 0 Å². The lowest BCUT2D eigenvalue weighted by Gasteiger charge is -2.34. The summed E-state index contributed by atoms with van der Waals surface area (Å²) >= 11 is 0. The molecule has 0 atom stereocenters. The summed E-state index contributed by atoms with van der Waals surface area (Å²) in [5.41, 5.74) is 1.09. The molecule has 0 radical (unpaired) electrons. The van der Waals surface area contributed by atoms with Crippen LogP contribution in [0.25, 0.3) is 0 Å². The summed E-state index contributed by atoms with van der Waals surface area (Å²) in [6, 6.07) is 6.96. The molecule has 0 bridgehead atoms. The largest absolute Gasteiger partial charge is 0.354 e. The average molecular weight is 355 g/mol. The minimum Gasteiger partial charge on any atom is -0.354 e. The number of hydrogen-bond donors (Lipinski definition) is 1. The molecule has 138 valence electrons. The molecule has 7 heteroatoms. The molecule has 0 spiro atoms. The summed E-state index contributed by atoms with van der Waals surface area (Å²) in [7, 11) is 1.65. The number of nitrogens with one attached hydrogen (secondary N) is 1. The maximum Gasteiger partial charge on any atom is 0.251 e. The molecule has 1 N–H and O–H groups in total. The molecule has 1 aliphatic heterocycles. The highest BCUT2D eigenvalue weighted by Crippen LogP contribution is 2.14. The maximum atomic E-state index is 12.2. The van der Waals surface area contributed by atoms with E-state index in [1.54, 1.807) is 25.5 Å². The second-order valence-electron chi connectivity index (χ2n) is 6.49. The van der Waals surface area contributed by atoms with Crippen molar-refractivity contribution in [2.45, 2.75) is 13.5 Å². The fourth-order valence-electron chi connectivity index (χ4n) is 2.98. The van der Waals surface area contributed by atoms with Gasteiger partial charge in [-0.15, -0.1) is 0 Å². The number of amides is 1. The summed E-state index contributed by atoms with van der Waals surface area (Å²) in [4.78, 5) is 33.0. The number of nitrogens with zero attached hydrogens (tertiary/aromatic N) is 4. The normalized spacial score (nSPS) is 15.1. The van der Waals surface area contributed by atoms with Gasteiger partial charge in [0.15, 0.2) is 0 Å². The Balaban J connectivity index is 1.55. The lowest BCUT2D eigenvalue weighted by Crippen LogP contribution is -2.46. The zero-order chi connectivity index (χ0) is 18.5. The third-order valence-electron chi connectivity index (χ3n) is 4.77. The summed E-state index contributed by atoms with van der Waals surface area (Å²) < 4.78 is 1.43. The highest BCUT2D eigenvalue weighted by atomic mass is 16.2. The lowest BCUT2D eigenvalue weighted by atomic mass is 10.2. The van der Waals surface area contributed by atoms with Gasteiger partial charge in [0.25, 0.3) is 11.5 Å². The number of hydrogen-bond acceptors (Lipinski definition) is 5. The number of likely N-dealkylation sites (N-methyl/N-ethyl adjacent to an activating group) is 1. The van der Waals surface area contributed by atoms with Crippen molar-refractivity contribution in [3.63, 3.8) is 0 Å². The van der Waals surface area contributed by atoms with Crippen molar-refractivity contribution in [1.29, 1.82) is 0 Å². The number of aryl methyl sites for hydroxylation is 1. The van der Waals surface area contributed by atoms with Gasteiger partial charge in [-0.25, -0.2) is 4.98 Å². The van der Waals surface area contributed by atoms with Crippen LogP contribution in [-0.2, 0) is 13.6 Å². The van der Waals surface area contributed by atoms with E-state index >= 15 is 0 Å². The predicted octanol–water partition coefficient (Wildman–Crippen LogP) is 0.852. The molecule has 1 amide bonds. The number of rotatable bonds is 5. The fourth-order valence-corrected chi connectivity index (χ4v) is 2.98. The van der Waals surface area contributed by atoms with E-state index in [1.165, 1.54) is 10.6 Å². The first-order valence-electron chi connectivity index (χ1n) is 8.94. The molecule has 3 heterocycles. The first-order valence-corrected chi connectivity index (χ1v) is 8.94. The average Bonchev–Trinajstić information content (AvgIpc) is 2.68. The second-order valence-corrected chi connectivity index (χ2v) is 6.49. The van der Waals surface area contributed by atoms with Crippen LogP contribution in [0.5, 0.6) is 0 Å². The van der Waals surface area contributed by atoms with E-state index in [0.717, 1.165) is 44.1 Å². The first-order chi connectivity index (χ1) is 12.6. The molecule has 1 aliphatic rings. The molecule has 1 fully saturated rings. The van der Waals surface area contributed by atoms with Gasteiger partial charge in [0.1, 0.15) is 5.82 Å². The van der Waals surface area contributed by atoms with Crippen molar-refractivity contribution in [3.8, 4) is 0 Å². The van der Waals surface area contributed by atoms with Crippen LogP contribution < -0.4 is 15.8 Å². The zero-order valence-electron chi connectivity index (χ0n) is 15.3. The minimum atomic E-state index is -0.262. The Kier molecular flexibility index (Phi) is 5.68. The van der Waals surface area contributed by atoms with E-state index in [1.807, 2.05) is 12.1 Å². The van der Waals surface area contributed by atoms with Crippen molar-refractivity contribution in [2.75, 3.05) is 37.6 Å². The van der Waals surface area contributed by atoms with Crippen LogP contribution >= 0.6 is 0 Å². The van der Waals surface area contributed by atoms with E-state index in [4.69, 9.17) is 0 Å². The highest BCUT2D eigenvalue weighted by Gasteiger charge is 2.16. The monoisotopic (exact) mass is 355 g/mol. The second kappa shape index (κ2) is 8.14. The summed E-state index contributed by atoms with van der Waals surface area (Å²) in [5, 5.41) is 2.83. The molecule has 7 nitrogen and oxygen atoms in total. The smallest absolute Gasteiger partial charge is 0.251 e. The van der Waals surface area contributed by atoms with Crippen molar-refractivity contribution in [3.05, 3.63) is 58.1 Å². The zero-order valence-corrected chi connectivity index (χ0v) is 15.3. The predicted molar refractivity (Wildman–Crippen MR) is 101 cm³/mol. The van der Waals surface area contributed by atoms with E-state index in [2.05, 4.69) is 27.0 Å². The molecule has 0 aliphatic carbocycles. The van der Waals surface area contributed by atoms with Gasteiger partial charge < -0.3 is 19.7 Å². The Morgan fingerprint density at radius 3 is 2.58 bits per heavy atom. The van der Waals surface area contributed by atoms with Crippen LogP contribution in [0.1, 0.15) is 22.8 Å². The topological polar surface area (TPSA) is 70.5 Å². The fraction of sp³-hybridized carbons (Fsp3) is 0.421.